The highest BCUT2D eigenvalue weighted by Gasteiger charge is 2.58. The molecule has 22 nitrogen and oxygen atoms in total. The second-order valence-electron chi connectivity index (χ2n) is 18.0. The number of amides is 4. The monoisotopic (exact) mass is 920 g/mol. The van der Waals surface area contributed by atoms with Crippen molar-refractivity contribution in [3.8, 4) is 5.75 Å². The Morgan fingerprint density at radius 1 is 0.952 bits per heavy atom. The van der Waals surface area contributed by atoms with E-state index in [1.165, 1.54) is 19.2 Å². The van der Waals surface area contributed by atoms with Crippen LogP contribution in [-0.4, -0.2) is 129 Å². The Morgan fingerprint density at radius 3 is 2.21 bits per heavy atom. The van der Waals surface area contributed by atoms with Gasteiger partial charge in [0.1, 0.15) is 46.7 Å². The molecule has 1 aromatic carbocycles. The van der Waals surface area contributed by atoms with Crippen LogP contribution in [0.3, 0.4) is 0 Å². The molecule has 4 N–H and O–H groups in total. The Kier molecular flexibility index (Phi) is 13.8. The fraction of sp³-hybridized carbons (Fsp3) is 0.538. The zero-order valence-corrected chi connectivity index (χ0v) is 38.3. The fourth-order valence-electron chi connectivity index (χ4n) is 5.78. The van der Waals surface area contributed by atoms with Crippen molar-refractivity contribution in [2.45, 2.75) is 117 Å². The SMILES string of the molecule is CC(C)(C)OC(=O)Nc1nc(/C(=N/O[C@@H](COc2ccc3nc(NC4CN(C(=O)OC(C)(C)C)C4)ccc3c2)C(=O)OC(C)(C)C)C(=O)NC2C(=O)N(OS(=O)(=O)O)C2(C)C)cs1. The summed E-state index contributed by atoms with van der Waals surface area (Å²) in [4.78, 5) is 81.2. The summed E-state index contributed by atoms with van der Waals surface area (Å²) in [7, 11) is -5.09. The van der Waals surface area contributed by atoms with Gasteiger partial charge >= 0.3 is 28.6 Å². The van der Waals surface area contributed by atoms with Gasteiger partial charge in [0.15, 0.2) is 10.8 Å². The lowest BCUT2D eigenvalue weighted by molar-refractivity contribution is -0.218. The molecule has 3 aromatic rings. The van der Waals surface area contributed by atoms with Gasteiger partial charge in [0.25, 0.3) is 17.9 Å². The van der Waals surface area contributed by atoms with Gasteiger partial charge in [0.2, 0.25) is 0 Å². The summed E-state index contributed by atoms with van der Waals surface area (Å²) < 4.78 is 58.4. The maximum absolute atomic E-state index is 13.9. The number of anilines is 2. The Labute approximate surface area is 367 Å². The van der Waals surface area contributed by atoms with E-state index in [1.807, 2.05) is 26.8 Å². The molecule has 2 atom stereocenters. The van der Waals surface area contributed by atoms with Crippen LogP contribution >= 0.6 is 11.3 Å². The number of carbonyl (C=O) groups is 5. The van der Waals surface area contributed by atoms with Gasteiger partial charge in [-0.25, -0.2) is 24.4 Å². The highest BCUT2D eigenvalue weighted by Crippen LogP contribution is 2.33. The van der Waals surface area contributed by atoms with Crippen LogP contribution in [0.4, 0.5) is 20.5 Å². The molecule has 2 saturated heterocycles. The first-order valence-electron chi connectivity index (χ1n) is 19.5. The summed E-state index contributed by atoms with van der Waals surface area (Å²) in [6.45, 7) is 18.5. The number of benzene rings is 1. The zero-order valence-electron chi connectivity index (χ0n) is 36.6. The third kappa shape index (κ3) is 13.3. The van der Waals surface area contributed by atoms with E-state index in [2.05, 4.69) is 35.4 Å². The number of oxime groups is 1. The van der Waals surface area contributed by atoms with Gasteiger partial charge in [-0.1, -0.05) is 5.16 Å². The van der Waals surface area contributed by atoms with Crippen molar-refractivity contribution in [2.24, 2.45) is 5.16 Å². The Bertz CT molecular complexity index is 2380. The molecule has 0 spiro atoms. The summed E-state index contributed by atoms with van der Waals surface area (Å²) in [6, 6.07) is 7.21. The number of aromatic nitrogens is 2. The maximum Gasteiger partial charge on any atom is 0.418 e. The predicted octanol–water partition coefficient (Wildman–Crippen LogP) is 4.42. The molecular formula is C39H52N8O14S2. The third-order valence-electron chi connectivity index (χ3n) is 8.58. The third-order valence-corrected chi connectivity index (χ3v) is 9.67. The summed E-state index contributed by atoms with van der Waals surface area (Å²) in [6.07, 6.45) is -2.81. The van der Waals surface area contributed by atoms with Gasteiger partial charge in [-0.3, -0.25) is 19.5 Å². The van der Waals surface area contributed by atoms with Crippen LogP contribution in [0.1, 0.15) is 81.9 Å². The number of hydrogen-bond donors (Lipinski definition) is 4. The molecule has 4 amide bonds. The van der Waals surface area contributed by atoms with Crippen LogP contribution in [0.2, 0.25) is 0 Å². The van der Waals surface area contributed by atoms with Crippen LogP contribution in [0, 0.1) is 0 Å². The van der Waals surface area contributed by atoms with Gasteiger partial charge < -0.3 is 39.3 Å². The van der Waals surface area contributed by atoms with E-state index in [0.29, 0.717) is 40.6 Å². The second kappa shape index (κ2) is 18.1. The second-order valence-corrected chi connectivity index (χ2v) is 19.9. The van der Waals surface area contributed by atoms with Gasteiger partial charge in [0.05, 0.1) is 17.1 Å². The highest BCUT2D eigenvalue weighted by atomic mass is 32.3. The lowest BCUT2D eigenvalue weighted by Crippen LogP contribution is -2.76. The molecular weight excluding hydrogens is 869 g/mol. The number of carbonyl (C=O) groups excluding carboxylic acids is 5. The summed E-state index contributed by atoms with van der Waals surface area (Å²) in [5, 5.41) is 14.6. The van der Waals surface area contributed by atoms with Gasteiger partial charge in [-0.05, 0) is 106 Å². The molecule has 1 unspecified atom stereocenters. The molecule has 344 valence electrons. The van der Waals surface area contributed by atoms with Crippen molar-refractivity contribution in [2.75, 3.05) is 30.3 Å². The lowest BCUT2D eigenvalue weighted by Gasteiger charge is -2.50. The average molecular weight is 921 g/mol. The molecule has 2 aliphatic heterocycles. The number of nitrogens with one attached hydrogen (secondary N) is 3. The van der Waals surface area contributed by atoms with Crippen LogP contribution < -0.4 is 20.7 Å². The topological polar surface area (TPSA) is 276 Å². The largest absolute Gasteiger partial charge is 0.489 e. The Morgan fingerprint density at radius 2 is 1.60 bits per heavy atom. The lowest BCUT2D eigenvalue weighted by atomic mass is 9.84. The molecule has 24 heteroatoms. The van der Waals surface area contributed by atoms with E-state index < -0.39 is 81.1 Å². The van der Waals surface area contributed by atoms with Crippen LogP contribution in [0.5, 0.6) is 5.75 Å². The van der Waals surface area contributed by atoms with E-state index in [1.54, 1.807) is 70.7 Å². The first-order valence-corrected chi connectivity index (χ1v) is 21.7. The first-order chi connectivity index (χ1) is 29.0. The van der Waals surface area contributed by atoms with Crippen molar-refractivity contribution >= 4 is 79.3 Å². The van der Waals surface area contributed by atoms with E-state index in [4.69, 9.17) is 28.3 Å². The van der Waals surface area contributed by atoms with E-state index >= 15 is 0 Å². The minimum absolute atomic E-state index is 0.0128. The molecule has 0 aliphatic carbocycles. The number of ether oxygens (including phenoxy) is 4. The molecule has 0 bridgehead atoms. The molecule has 0 saturated carbocycles. The number of likely N-dealkylation sites (tertiary alicyclic amines) is 1. The number of pyridine rings is 1. The molecule has 63 heavy (non-hydrogen) atoms. The number of thiazole rings is 1. The van der Waals surface area contributed by atoms with Crippen LogP contribution in [0.25, 0.3) is 10.9 Å². The first kappa shape index (κ1) is 48.2. The van der Waals surface area contributed by atoms with Crippen LogP contribution in [0.15, 0.2) is 40.9 Å². The standard InChI is InChI=1S/C39H52N8O14S2/c1-36(2,3)57-32(50)26(19-56-23-13-14-24-21(16-23)12-15-27(41-24)40-22-17-46(18-22)35(52)59-38(7,8)9)60-45-28(25-20-62-33(42-25)44-34(51)58-37(4,5)6)30(48)43-29-31(49)47(39(29,10)11)61-63(53,54)55/h12-16,20,22,26,29H,17-19H2,1-11H3,(H,40,41)(H,43,48)(H,42,44,51)(H,53,54,55)/b45-28-/t26-,29?/m0/s1. The van der Waals surface area contributed by atoms with Gasteiger partial charge in [-0.15, -0.1) is 15.6 Å². The van der Waals surface area contributed by atoms with E-state index in [0.717, 1.165) is 11.3 Å². The molecule has 2 aromatic heterocycles. The molecule has 0 radical (unpaired) electrons. The summed E-state index contributed by atoms with van der Waals surface area (Å²) in [5.41, 5.74) is -4.03. The normalized spacial score (nSPS) is 17.5. The number of fused-ring (bicyclic) bond motifs is 1. The van der Waals surface area contributed by atoms with Crippen molar-refractivity contribution in [1.29, 1.82) is 0 Å². The Hall–Kier alpha value is -5.85. The number of nitrogens with zero attached hydrogens (tertiary/aromatic N) is 5. The minimum atomic E-state index is -5.09. The van der Waals surface area contributed by atoms with Crippen molar-refractivity contribution in [3.05, 3.63) is 41.4 Å². The molecule has 2 aliphatic rings. The van der Waals surface area contributed by atoms with Gasteiger partial charge in [-0.2, -0.15) is 13.5 Å². The predicted molar refractivity (Wildman–Crippen MR) is 227 cm³/mol. The van der Waals surface area contributed by atoms with Gasteiger partial charge in [0, 0.05) is 23.9 Å². The molecule has 5 rings (SSSR count). The molecule has 4 heterocycles. The maximum atomic E-state index is 13.9. The van der Waals surface area contributed by atoms with Crippen LogP contribution in [-0.2, 0) is 48.1 Å². The molecule has 2 fully saturated rings. The summed E-state index contributed by atoms with van der Waals surface area (Å²) in [5.74, 6) is -2.09. The minimum Gasteiger partial charge on any atom is -0.489 e. The highest BCUT2D eigenvalue weighted by molar-refractivity contribution is 7.80. The number of β-lactam (4-membered cyclic amide) rings is 1. The average Bonchev–Trinajstić information content (AvgIpc) is 3.56. The number of hydroxylamine groups is 2. The van der Waals surface area contributed by atoms with E-state index in [-0.39, 0.29) is 23.0 Å². The van der Waals surface area contributed by atoms with Crippen molar-refractivity contribution in [1.82, 2.24) is 25.2 Å². The fourth-order valence-corrected chi connectivity index (χ4v) is 6.92. The summed E-state index contributed by atoms with van der Waals surface area (Å²) >= 11 is 0.889. The van der Waals surface area contributed by atoms with Crippen molar-refractivity contribution < 1.29 is 65.0 Å². The number of rotatable bonds is 14. The van der Waals surface area contributed by atoms with E-state index in [9.17, 15) is 32.4 Å². The quantitative estimate of drug-likeness (QED) is 0.0435. The zero-order chi connectivity index (χ0) is 46.9. The smallest absolute Gasteiger partial charge is 0.418 e. The number of hydrogen-bond acceptors (Lipinski definition) is 18. The number of esters is 1. The van der Waals surface area contributed by atoms with Crippen molar-refractivity contribution in [3.63, 3.8) is 0 Å². The Balaban J connectivity index is 1.34.